The van der Waals surface area contributed by atoms with Crippen LogP contribution in [0.25, 0.3) is 11.3 Å². The number of rotatable bonds is 5. The molecule has 1 saturated carbocycles. The molecule has 1 aromatic carbocycles. The van der Waals surface area contributed by atoms with E-state index in [2.05, 4.69) is 60.4 Å². The molecule has 1 fully saturated rings. The Morgan fingerprint density at radius 1 is 0.913 bits per heavy atom. The number of aromatic nitrogens is 2. The molecule has 0 spiro atoms. The fourth-order valence-corrected chi connectivity index (χ4v) is 3.53. The monoisotopic (exact) mass is 308 g/mol. The second-order valence-corrected chi connectivity index (χ2v) is 7.12. The Bertz CT molecular complexity index is 593. The van der Waals surface area contributed by atoms with Gasteiger partial charge in [-0.1, -0.05) is 63.8 Å². The van der Waals surface area contributed by atoms with Gasteiger partial charge in [0.25, 0.3) is 0 Å². The largest absolute Gasteiger partial charge is 0.155 e. The number of hydrogen-bond acceptors (Lipinski definition) is 2. The van der Waals surface area contributed by atoms with Crippen LogP contribution in [0.5, 0.6) is 0 Å². The molecule has 2 aromatic rings. The van der Waals surface area contributed by atoms with Crippen molar-refractivity contribution in [3.05, 3.63) is 47.7 Å². The number of benzene rings is 1. The minimum absolute atomic E-state index is 0.937. The third-order valence-electron chi connectivity index (χ3n) is 5.31. The molecule has 1 heterocycles. The van der Waals surface area contributed by atoms with Crippen LogP contribution >= 0.6 is 0 Å². The second kappa shape index (κ2) is 7.72. The maximum absolute atomic E-state index is 4.33. The van der Waals surface area contributed by atoms with Gasteiger partial charge in [0.1, 0.15) is 0 Å². The normalized spacial score (nSPS) is 21.3. The van der Waals surface area contributed by atoms with Crippen LogP contribution in [0.2, 0.25) is 0 Å². The van der Waals surface area contributed by atoms with Crippen molar-refractivity contribution < 1.29 is 0 Å². The van der Waals surface area contributed by atoms with E-state index < -0.39 is 0 Å². The summed E-state index contributed by atoms with van der Waals surface area (Å²) in [5.41, 5.74) is 4.63. The maximum atomic E-state index is 4.33. The van der Waals surface area contributed by atoms with E-state index in [-0.39, 0.29) is 0 Å². The average Bonchev–Trinajstić information content (AvgIpc) is 2.62. The van der Waals surface area contributed by atoms with Crippen molar-refractivity contribution in [2.24, 2.45) is 11.8 Å². The Labute approximate surface area is 140 Å². The Hall–Kier alpha value is -1.70. The third kappa shape index (κ3) is 4.40. The van der Waals surface area contributed by atoms with Crippen molar-refractivity contribution in [2.75, 3.05) is 0 Å². The van der Waals surface area contributed by atoms with Crippen LogP contribution in [0.4, 0.5) is 0 Å². The van der Waals surface area contributed by atoms with Gasteiger partial charge >= 0.3 is 0 Å². The van der Waals surface area contributed by atoms with E-state index in [1.807, 2.05) is 0 Å². The lowest BCUT2D eigenvalue weighted by Crippen LogP contribution is -2.12. The van der Waals surface area contributed by atoms with Crippen molar-refractivity contribution in [3.8, 4) is 11.3 Å². The standard InChI is InChI=1S/C21H28N2/c1-3-20-14-15-21(23-22-20)19-12-10-18(11-13-19)9-8-17-6-4-16(2)5-7-17/h10-17H,3-9H2,1-2H3. The molecule has 1 aliphatic carbocycles. The minimum atomic E-state index is 0.937. The lowest BCUT2D eigenvalue weighted by Gasteiger charge is -2.26. The summed E-state index contributed by atoms with van der Waals surface area (Å²) >= 11 is 0. The molecule has 23 heavy (non-hydrogen) atoms. The Balaban J connectivity index is 1.56. The minimum Gasteiger partial charge on any atom is -0.155 e. The van der Waals surface area contributed by atoms with Gasteiger partial charge in [-0.25, -0.2) is 0 Å². The van der Waals surface area contributed by atoms with E-state index in [9.17, 15) is 0 Å². The number of aryl methyl sites for hydroxylation is 2. The van der Waals surface area contributed by atoms with Crippen molar-refractivity contribution in [2.45, 2.75) is 58.8 Å². The molecule has 0 atom stereocenters. The molecule has 0 amide bonds. The highest BCUT2D eigenvalue weighted by atomic mass is 15.1. The van der Waals surface area contributed by atoms with Crippen LogP contribution in [0, 0.1) is 11.8 Å². The fraction of sp³-hybridized carbons (Fsp3) is 0.524. The predicted molar refractivity (Wildman–Crippen MR) is 96.3 cm³/mol. The van der Waals surface area contributed by atoms with Crippen molar-refractivity contribution >= 4 is 0 Å². The molecule has 1 aromatic heterocycles. The molecule has 0 bridgehead atoms. The summed E-state index contributed by atoms with van der Waals surface area (Å²) in [6.45, 7) is 4.50. The molecule has 0 unspecified atom stereocenters. The summed E-state index contributed by atoms with van der Waals surface area (Å²) < 4.78 is 0. The predicted octanol–water partition coefficient (Wildman–Crippen LogP) is 5.46. The molecular weight excluding hydrogens is 280 g/mol. The van der Waals surface area contributed by atoms with Gasteiger partial charge in [0, 0.05) is 5.56 Å². The molecule has 3 rings (SSSR count). The summed E-state index contributed by atoms with van der Waals surface area (Å²) in [5, 5.41) is 8.58. The van der Waals surface area contributed by atoms with E-state index in [1.165, 1.54) is 44.1 Å². The quantitative estimate of drug-likeness (QED) is 0.732. The van der Waals surface area contributed by atoms with Gasteiger partial charge in [-0.05, 0) is 48.8 Å². The summed E-state index contributed by atoms with van der Waals surface area (Å²) in [6, 6.07) is 13.0. The van der Waals surface area contributed by atoms with Crippen LogP contribution < -0.4 is 0 Å². The topological polar surface area (TPSA) is 25.8 Å². The first kappa shape index (κ1) is 16.2. The van der Waals surface area contributed by atoms with Gasteiger partial charge in [-0.2, -0.15) is 10.2 Å². The van der Waals surface area contributed by atoms with E-state index in [1.54, 1.807) is 0 Å². The smallest absolute Gasteiger partial charge is 0.0929 e. The summed E-state index contributed by atoms with van der Waals surface area (Å²) in [4.78, 5) is 0. The molecule has 0 saturated heterocycles. The molecule has 0 N–H and O–H groups in total. The lowest BCUT2D eigenvalue weighted by molar-refractivity contribution is 0.278. The summed E-state index contributed by atoms with van der Waals surface area (Å²) in [6.07, 6.45) is 9.20. The molecule has 1 aliphatic rings. The van der Waals surface area contributed by atoms with Crippen LogP contribution in [-0.4, -0.2) is 10.2 Å². The van der Waals surface area contributed by atoms with Gasteiger partial charge in [-0.3, -0.25) is 0 Å². The first-order valence-corrected chi connectivity index (χ1v) is 9.16. The zero-order valence-electron chi connectivity index (χ0n) is 14.5. The summed E-state index contributed by atoms with van der Waals surface area (Å²) in [5.74, 6) is 1.89. The van der Waals surface area contributed by atoms with Crippen LogP contribution in [0.15, 0.2) is 36.4 Å². The average molecular weight is 308 g/mol. The Kier molecular flexibility index (Phi) is 5.43. The Morgan fingerprint density at radius 3 is 2.26 bits per heavy atom. The highest BCUT2D eigenvalue weighted by Gasteiger charge is 2.17. The van der Waals surface area contributed by atoms with Gasteiger partial charge in [0.15, 0.2) is 0 Å². The molecule has 2 heteroatoms. The molecule has 122 valence electrons. The van der Waals surface area contributed by atoms with E-state index in [4.69, 9.17) is 0 Å². The van der Waals surface area contributed by atoms with Crippen molar-refractivity contribution in [1.82, 2.24) is 10.2 Å². The number of nitrogens with zero attached hydrogens (tertiary/aromatic N) is 2. The summed E-state index contributed by atoms with van der Waals surface area (Å²) in [7, 11) is 0. The maximum Gasteiger partial charge on any atom is 0.0929 e. The first-order chi connectivity index (χ1) is 11.2. The molecule has 0 radical (unpaired) electrons. The lowest BCUT2D eigenvalue weighted by atomic mass is 9.80. The Morgan fingerprint density at radius 2 is 1.65 bits per heavy atom. The van der Waals surface area contributed by atoms with Crippen LogP contribution in [-0.2, 0) is 12.8 Å². The van der Waals surface area contributed by atoms with Gasteiger partial charge < -0.3 is 0 Å². The molecular formula is C21H28N2. The highest BCUT2D eigenvalue weighted by molar-refractivity contribution is 5.58. The van der Waals surface area contributed by atoms with Gasteiger partial charge in [-0.15, -0.1) is 0 Å². The van der Waals surface area contributed by atoms with Crippen molar-refractivity contribution in [3.63, 3.8) is 0 Å². The zero-order chi connectivity index (χ0) is 16.1. The van der Waals surface area contributed by atoms with Gasteiger partial charge in [0.05, 0.1) is 11.4 Å². The van der Waals surface area contributed by atoms with Crippen LogP contribution in [0.1, 0.15) is 57.2 Å². The van der Waals surface area contributed by atoms with Crippen molar-refractivity contribution in [1.29, 1.82) is 0 Å². The van der Waals surface area contributed by atoms with E-state index in [0.717, 1.165) is 35.2 Å². The SMILES string of the molecule is CCc1ccc(-c2ccc(CCC3CCC(C)CC3)cc2)nn1. The van der Waals surface area contributed by atoms with E-state index >= 15 is 0 Å². The zero-order valence-corrected chi connectivity index (χ0v) is 14.5. The molecule has 2 nitrogen and oxygen atoms in total. The molecule has 0 aliphatic heterocycles. The van der Waals surface area contributed by atoms with Gasteiger partial charge in [0.2, 0.25) is 0 Å². The van der Waals surface area contributed by atoms with Crippen LogP contribution in [0.3, 0.4) is 0 Å². The second-order valence-electron chi connectivity index (χ2n) is 7.12. The number of hydrogen-bond donors (Lipinski definition) is 0. The van der Waals surface area contributed by atoms with E-state index in [0.29, 0.717) is 0 Å². The first-order valence-electron chi connectivity index (χ1n) is 9.16. The highest BCUT2D eigenvalue weighted by Crippen LogP contribution is 2.31. The fourth-order valence-electron chi connectivity index (χ4n) is 3.53. The third-order valence-corrected chi connectivity index (χ3v) is 5.31.